The number of hydrogen-bond acceptors (Lipinski definition) is 2. The molecule has 2 aromatic rings. The van der Waals surface area contributed by atoms with Gasteiger partial charge in [0.2, 0.25) is 0 Å². The van der Waals surface area contributed by atoms with Gasteiger partial charge in [0.25, 0.3) is 0 Å². The molecule has 0 spiro atoms. The lowest BCUT2D eigenvalue weighted by Gasteiger charge is -2.17. The third-order valence-corrected chi connectivity index (χ3v) is 4.97. The van der Waals surface area contributed by atoms with Gasteiger partial charge in [0.05, 0.1) is 16.9 Å². The lowest BCUT2D eigenvalue weighted by molar-refractivity contribution is 0.205. The number of benzene rings is 1. The van der Waals surface area contributed by atoms with Crippen LogP contribution in [0.25, 0.3) is 0 Å². The molecule has 19 heavy (non-hydrogen) atoms. The van der Waals surface area contributed by atoms with E-state index < -0.39 is 6.10 Å². The van der Waals surface area contributed by atoms with E-state index in [1.807, 2.05) is 32.0 Å². The Bertz CT molecular complexity index is 598. The third kappa shape index (κ3) is 3.05. The van der Waals surface area contributed by atoms with E-state index in [9.17, 15) is 5.11 Å². The van der Waals surface area contributed by atoms with Crippen LogP contribution in [0.3, 0.4) is 0 Å². The van der Waals surface area contributed by atoms with Crippen molar-refractivity contribution in [2.45, 2.75) is 26.0 Å². The van der Waals surface area contributed by atoms with Gasteiger partial charge in [-0.05, 0) is 63.4 Å². The highest BCUT2D eigenvalue weighted by molar-refractivity contribution is 9.13. The molecule has 1 atom stereocenters. The van der Waals surface area contributed by atoms with Gasteiger partial charge in [-0.25, -0.2) is 0 Å². The minimum atomic E-state index is -0.804. The first-order valence-electron chi connectivity index (χ1n) is 5.77. The minimum Gasteiger partial charge on any atom is -0.382 e. The lowest BCUT2D eigenvalue weighted by Crippen LogP contribution is -2.12. The summed E-state index contributed by atoms with van der Waals surface area (Å²) in [5, 5.41) is 15.2. The summed E-state index contributed by atoms with van der Waals surface area (Å²) in [4.78, 5) is 0. The maximum Gasteiger partial charge on any atom is 0.122 e. The molecule has 0 aliphatic rings. The molecule has 0 saturated heterocycles. The van der Waals surface area contributed by atoms with E-state index in [-0.39, 0.29) is 6.04 Å². The first kappa shape index (κ1) is 15.0. The van der Waals surface area contributed by atoms with E-state index in [0.29, 0.717) is 10.7 Å². The molecule has 0 radical (unpaired) electrons. The maximum atomic E-state index is 10.5. The van der Waals surface area contributed by atoms with E-state index in [4.69, 9.17) is 11.6 Å². The molecule has 1 N–H and O–H groups in total. The first-order valence-corrected chi connectivity index (χ1v) is 7.74. The SMILES string of the molecule is CC(C)n1ncc(Cl)c1C(O)c1ccc(Br)c(Br)c1. The number of aliphatic hydroxyl groups is 1. The van der Waals surface area contributed by atoms with Crippen molar-refractivity contribution in [2.24, 2.45) is 0 Å². The Kier molecular flexibility index (Phi) is 4.71. The van der Waals surface area contributed by atoms with Gasteiger partial charge >= 0.3 is 0 Å². The molecular weight excluding hydrogens is 395 g/mol. The summed E-state index contributed by atoms with van der Waals surface area (Å²) in [6.07, 6.45) is 0.760. The molecule has 0 aliphatic carbocycles. The van der Waals surface area contributed by atoms with Gasteiger partial charge in [0.15, 0.2) is 0 Å². The summed E-state index contributed by atoms with van der Waals surface area (Å²) in [7, 11) is 0. The maximum absolute atomic E-state index is 10.5. The first-order chi connectivity index (χ1) is 8.91. The summed E-state index contributed by atoms with van der Waals surface area (Å²) in [5.41, 5.74) is 1.38. The van der Waals surface area contributed by atoms with Crippen molar-refractivity contribution in [3.8, 4) is 0 Å². The van der Waals surface area contributed by atoms with Gasteiger partial charge in [-0.1, -0.05) is 17.7 Å². The Morgan fingerprint density at radius 3 is 2.53 bits per heavy atom. The average molecular weight is 409 g/mol. The Morgan fingerprint density at radius 2 is 1.95 bits per heavy atom. The van der Waals surface area contributed by atoms with E-state index in [1.54, 1.807) is 10.9 Å². The molecule has 6 heteroatoms. The van der Waals surface area contributed by atoms with Crippen LogP contribution in [-0.2, 0) is 0 Å². The normalized spacial score (nSPS) is 13.0. The van der Waals surface area contributed by atoms with Crippen LogP contribution in [0, 0.1) is 0 Å². The number of nitrogens with zero attached hydrogens (tertiary/aromatic N) is 2. The molecular formula is C13H13Br2ClN2O. The van der Waals surface area contributed by atoms with E-state index >= 15 is 0 Å². The lowest BCUT2D eigenvalue weighted by atomic mass is 10.1. The number of aromatic nitrogens is 2. The van der Waals surface area contributed by atoms with Crippen molar-refractivity contribution in [1.82, 2.24) is 9.78 Å². The predicted octanol–water partition coefficient (Wildman–Crippen LogP) is 4.72. The van der Waals surface area contributed by atoms with Crippen LogP contribution < -0.4 is 0 Å². The van der Waals surface area contributed by atoms with Gasteiger partial charge in [0, 0.05) is 15.0 Å². The van der Waals surface area contributed by atoms with E-state index in [0.717, 1.165) is 14.5 Å². The molecule has 0 fully saturated rings. The Morgan fingerprint density at radius 1 is 1.26 bits per heavy atom. The van der Waals surface area contributed by atoms with Crippen molar-refractivity contribution in [1.29, 1.82) is 0 Å². The second-order valence-electron chi connectivity index (χ2n) is 4.49. The second kappa shape index (κ2) is 5.95. The fourth-order valence-electron chi connectivity index (χ4n) is 1.86. The Balaban J connectivity index is 2.46. The quantitative estimate of drug-likeness (QED) is 0.798. The van der Waals surface area contributed by atoms with Gasteiger partial charge < -0.3 is 5.11 Å². The molecule has 0 amide bonds. The van der Waals surface area contributed by atoms with Gasteiger partial charge in [-0.3, -0.25) is 4.68 Å². The van der Waals surface area contributed by atoms with Crippen molar-refractivity contribution >= 4 is 43.5 Å². The average Bonchev–Trinajstić information content (AvgIpc) is 2.74. The summed E-state index contributed by atoms with van der Waals surface area (Å²) < 4.78 is 3.56. The number of halogens is 3. The minimum absolute atomic E-state index is 0.135. The third-order valence-electron chi connectivity index (χ3n) is 2.79. The summed E-state index contributed by atoms with van der Waals surface area (Å²) in [6.45, 7) is 3.99. The summed E-state index contributed by atoms with van der Waals surface area (Å²) in [5.74, 6) is 0. The molecule has 102 valence electrons. The highest BCUT2D eigenvalue weighted by Gasteiger charge is 2.21. The Hall–Kier alpha value is -0.360. The topological polar surface area (TPSA) is 38.0 Å². The van der Waals surface area contributed by atoms with Gasteiger partial charge in [-0.2, -0.15) is 5.10 Å². The van der Waals surface area contributed by atoms with Gasteiger partial charge in [-0.15, -0.1) is 0 Å². The molecule has 0 aliphatic heterocycles. The smallest absolute Gasteiger partial charge is 0.122 e. The van der Waals surface area contributed by atoms with E-state index in [2.05, 4.69) is 37.0 Å². The molecule has 1 aromatic carbocycles. The predicted molar refractivity (Wildman–Crippen MR) is 83.5 cm³/mol. The monoisotopic (exact) mass is 406 g/mol. The second-order valence-corrected chi connectivity index (χ2v) is 6.61. The molecule has 0 saturated carbocycles. The molecule has 1 unspecified atom stereocenters. The van der Waals surface area contributed by atoms with Crippen LogP contribution in [0.2, 0.25) is 5.02 Å². The molecule has 3 nitrogen and oxygen atoms in total. The molecule has 0 bridgehead atoms. The summed E-state index contributed by atoms with van der Waals surface area (Å²) >= 11 is 13.0. The molecule has 1 aromatic heterocycles. The van der Waals surface area contributed by atoms with Crippen molar-refractivity contribution in [3.63, 3.8) is 0 Å². The molecule has 2 rings (SSSR count). The van der Waals surface area contributed by atoms with Crippen molar-refractivity contribution in [3.05, 3.63) is 49.6 Å². The van der Waals surface area contributed by atoms with Gasteiger partial charge in [0.1, 0.15) is 6.10 Å². The van der Waals surface area contributed by atoms with Crippen molar-refractivity contribution < 1.29 is 5.11 Å². The largest absolute Gasteiger partial charge is 0.382 e. The fourth-order valence-corrected chi connectivity index (χ4v) is 2.74. The standard InChI is InChI=1S/C13H13Br2ClN2O/c1-7(2)18-12(11(16)6-17-18)13(19)8-3-4-9(14)10(15)5-8/h3-7,13,19H,1-2H3. The zero-order valence-corrected chi connectivity index (χ0v) is 14.4. The number of aliphatic hydroxyl groups excluding tert-OH is 1. The van der Waals surface area contributed by atoms with E-state index in [1.165, 1.54) is 0 Å². The van der Waals surface area contributed by atoms with Crippen LogP contribution in [0.15, 0.2) is 33.3 Å². The Labute approximate surface area is 133 Å². The summed E-state index contributed by atoms with van der Waals surface area (Å²) in [6, 6.07) is 5.74. The number of rotatable bonds is 3. The van der Waals surface area contributed by atoms with Crippen LogP contribution in [0.1, 0.15) is 37.3 Å². The highest BCUT2D eigenvalue weighted by Crippen LogP contribution is 2.33. The zero-order chi connectivity index (χ0) is 14.2. The molecule has 1 heterocycles. The highest BCUT2D eigenvalue weighted by atomic mass is 79.9. The van der Waals surface area contributed by atoms with Crippen LogP contribution in [0.5, 0.6) is 0 Å². The van der Waals surface area contributed by atoms with Crippen molar-refractivity contribution in [2.75, 3.05) is 0 Å². The number of hydrogen-bond donors (Lipinski definition) is 1. The fraction of sp³-hybridized carbons (Fsp3) is 0.308. The van der Waals surface area contributed by atoms with Crippen LogP contribution in [0.4, 0.5) is 0 Å². The zero-order valence-electron chi connectivity index (χ0n) is 10.4. The van der Waals surface area contributed by atoms with Crippen LogP contribution >= 0.6 is 43.5 Å². The van der Waals surface area contributed by atoms with Crippen LogP contribution in [-0.4, -0.2) is 14.9 Å².